The number of hydrogen-bond acceptors (Lipinski definition) is 7. The van der Waals surface area contributed by atoms with Crippen LogP contribution in [0.2, 0.25) is 0 Å². The van der Waals surface area contributed by atoms with Gasteiger partial charge in [0.15, 0.2) is 0 Å². The second kappa shape index (κ2) is 9.92. The molecule has 1 aromatic heterocycles. The maximum Gasteiger partial charge on any atom is 0.279 e. The van der Waals surface area contributed by atoms with Gasteiger partial charge in [0, 0.05) is 54.0 Å². The maximum atomic E-state index is 13.7. The van der Waals surface area contributed by atoms with Gasteiger partial charge >= 0.3 is 0 Å². The number of halogens is 1. The van der Waals surface area contributed by atoms with Crippen molar-refractivity contribution < 1.29 is 19.4 Å². The SMILES string of the molecule is CN(C)CCOc1ccc2[nH]c(C(=O)N3CC(CCl)c4c3cc([N+](=O)[O-])c3cc([N+](=O)[O-])ccc43)cc2c1. The van der Waals surface area contributed by atoms with Gasteiger partial charge in [-0.05, 0) is 55.4 Å². The summed E-state index contributed by atoms with van der Waals surface area (Å²) >= 11 is 6.27. The summed E-state index contributed by atoms with van der Waals surface area (Å²) in [5.41, 5.74) is 1.54. The standard InChI is InChI=1S/C26H24ClN5O6/c1-29(2)7-8-38-18-4-6-21-15(9-18)10-22(28-21)26(33)30-14-16(13-27)25-19-5-3-17(31(34)35)11-20(19)23(32(36)37)12-24(25)30/h3-6,9-12,16,28H,7-8,13-14H2,1-2H3. The zero-order chi connectivity index (χ0) is 27.1. The van der Waals surface area contributed by atoms with Crippen molar-refractivity contribution in [1.82, 2.24) is 9.88 Å². The van der Waals surface area contributed by atoms with Crippen LogP contribution in [0.15, 0.2) is 48.5 Å². The zero-order valence-electron chi connectivity index (χ0n) is 20.6. The van der Waals surface area contributed by atoms with Gasteiger partial charge in [-0.25, -0.2) is 0 Å². The van der Waals surface area contributed by atoms with Gasteiger partial charge in [0.05, 0.1) is 20.9 Å². The number of likely N-dealkylation sites (N-methyl/N-ethyl adjacent to an activating group) is 1. The molecule has 1 atom stereocenters. The molecule has 0 bridgehead atoms. The third-order valence-electron chi connectivity index (χ3n) is 6.69. The van der Waals surface area contributed by atoms with Gasteiger partial charge in [-0.3, -0.25) is 25.0 Å². The topological polar surface area (TPSA) is 135 Å². The first-order chi connectivity index (χ1) is 18.2. The van der Waals surface area contributed by atoms with Crippen LogP contribution in [0.5, 0.6) is 5.75 Å². The Balaban J connectivity index is 1.54. The number of hydrogen-bond donors (Lipinski definition) is 1. The third-order valence-corrected chi connectivity index (χ3v) is 7.06. The molecule has 5 rings (SSSR count). The molecule has 1 aliphatic heterocycles. The van der Waals surface area contributed by atoms with Crippen molar-refractivity contribution in [3.63, 3.8) is 0 Å². The van der Waals surface area contributed by atoms with Crippen LogP contribution in [-0.2, 0) is 0 Å². The quantitative estimate of drug-likeness (QED) is 0.188. The highest BCUT2D eigenvalue weighted by Gasteiger charge is 2.37. The Morgan fingerprint density at radius 1 is 1.11 bits per heavy atom. The summed E-state index contributed by atoms with van der Waals surface area (Å²) in [6.45, 7) is 1.51. The van der Waals surface area contributed by atoms with E-state index in [1.165, 1.54) is 29.2 Å². The number of amides is 1. The number of aromatic amines is 1. The Labute approximate surface area is 221 Å². The number of non-ortho nitro benzene ring substituents is 2. The van der Waals surface area contributed by atoms with Gasteiger partial charge in [0.2, 0.25) is 0 Å². The fourth-order valence-electron chi connectivity index (χ4n) is 4.85. The Morgan fingerprint density at radius 2 is 1.89 bits per heavy atom. The van der Waals surface area contributed by atoms with E-state index < -0.39 is 9.85 Å². The van der Waals surface area contributed by atoms with Gasteiger partial charge in [-0.1, -0.05) is 0 Å². The molecule has 1 N–H and O–H groups in total. The highest BCUT2D eigenvalue weighted by Crippen LogP contribution is 2.46. The smallest absolute Gasteiger partial charge is 0.279 e. The fraction of sp³-hybridized carbons (Fsp3) is 0.269. The van der Waals surface area contributed by atoms with Gasteiger partial charge in [0.25, 0.3) is 17.3 Å². The third kappa shape index (κ3) is 4.50. The Kier molecular flexibility index (Phi) is 6.64. The van der Waals surface area contributed by atoms with E-state index in [9.17, 15) is 25.0 Å². The maximum absolute atomic E-state index is 13.7. The van der Waals surface area contributed by atoms with Crippen molar-refractivity contribution in [1.29, 1.82) is 0 Å². The number of anilines is 1. The van der Waals surface area contributed by atoms with Crippen LogP contribution in [-0.4, -0.2) is 65.3 Å². The number of rotatable bonds is 8. The number of carbonyl (C=O) groups is 1. The summed E-state index contributed by atoms with van der Waals surface area (Å²) in [4.78, 5) is 42.4. The van der Waals surface area contributed by atoms with Crippen LogP contribution in [0.25, 0.3) is 21.7 Å². The number of nitro groups is 2. The molecule has 0 aliphatic carbocycles. The second-order valence-electron chi connectivity index (χ2n) is 9.42. The zero-order valence-corrected chi connectivity index (χ0v) is 21.4. The van der Waals surface area contributed by atoms with Crippen molar-refractivity contribution in [2.45, 2.75) is 5.92 Å². The van der Waals surface area contributed by atoms with E-state index >= 15 is 0 Å². The van der Waals surface area contributed by atoms with Crippen LogP contribution < -0.4 is 9.64 Å². The number of ether oxygens (including phenoxy) is 1. The van der Waals surface area contributed by atoms with E-state index in [0.717, 1.165) is 17.4 Å². The lowest BCUT2D eigenvalue weighted by Crippen LogP contribution is -2.30. The first-order valence-electron chi connectivity index (χ1n) is 11.9. The van der Waals surface area contributed by atoms with Crippen molar-refractivity contribution in [2.75, 3.05) is 44.6 Å². The van der Waals surface area contributed by atoms with Crippen LogP contribution in [0.4, 0.5) is 17.1 Å². The molecule has 0 radical (unpaired) electrons. The summed E-state index contributed by atoms with van der Waals surface area (Å²) < 4.78 is 5.80. The first kappa shape index (κ1) is 25.4. The van der Waals surface area contributed by atoms with E-state index in [0.29, 0.717) is 34.7 Å². The van der Waals surface area contributed by atoms with E-state index in [1.54, 1.807) is 6.07 Å². The number of benzene rings is 3. The van der Waals surface area contributed by atoms with E-state index in [2.05, 4.69) is 4.98 Å². The number of alkyl halides is 1. The highest BCUT2D eigenvalue weighted by atomic mass is 35.5. The highest BCUT2D eigenvalue weighted by molar-refractivity contribution is 6.19. The van der Waals surface area contributed by atoms with Gasteiger partial charge in [-0.2, -0.15) is 0 Å². The predicted octanol–water partition coefficient (Wildman–Crippen LogP) is 5.06. The Morgan fingerprint density at radius 3 is 2.58 bits per heavy atom. The van der Waals surface area contributed by atoms with E-state index in [4.69, 9.17) is 16.3 Å². The lowest BCUT2D eigenvalue weighted by Gasteiger charge is -2.17. The summed E-state index contributed by atoms with van der Waals surface area (Å²) in [5.74, 6) is 0.186. The number of fused-ring (bicyclic) bond motifs is 4. The lowest BCUT2D eigenvalue weighted by molar-refractivity contribution is -0.386. The summed E-state index contributed by atoms with van der Waals surface area (Å²) in [5, 5.41) is 24.6. The number of carbonyl (C=O) groups excluding carboxylic acids is 1. The fourth-order valence-corrected chi connectivity index (χ4v) is 5.11. The van der Waals surface area contributed by atoms with Gasteiger partial charge < -0.3 is 19.5 Å². The predicted molar refractivity (Wildman–Crippen MR) is 145 cm³/mol. The van der Waals surface area contributed by atoms with Crippen molar-refractivity contribution >= 4 is 56.2 Å². The largest absolute Gasteiger partial charge is 0.492 e. The van der Waals surface area contributed by atoms with Crippen LogP contribution >= 0.6 is 11.6 Å². The number of aromatic nitrogens is 1. The number of nitrogens with one attached hydrogen (secondary N) is 1. The average molecular weight is 538 g/mol. The molecule has 4 aromatic rings. The minimum Gasteiger partial charge on any atom is -0.492 e. The molecule has 0 fully saturated rings. The van der Waals surface area contributed by atoms with Crippen LogP contribution in [0, 0.1) is 20.2 Å². The normalized spacial score (nSPS) is 14.8. The molecule has 12 heteroatoms. The molecule has 3 aromatic carbocycles. The number of H-pyrrole nitrogens is 1. The van der Waals surface area contributed by atoms with Crippen molar-refractivity contribution in [3.8, 4) is 5.75 Å². The van der Waals surface area contributed by atoms with Crippen LogP contribution in [0.3, 0.4) is 0 Å². The molecule has 2 heterocycles. The molecule has 0 saturated carbocycles. The van der Waals surface area contributed by atoms with Crippen LogP contribution in [0.1, 0.15) is 22.0 Å². The second-order valence-corrected chi connectivity index (χ2v) is 9.73. The molecule has 1 aliphatic rings. The minimum atomic E-state index is -0.597. The molecule has 0 saturated heterocycles. The summed E-state index contributed by atoms with van der Waals surface area (Å²) in [6.07, 6.45) is 0. The lowest BCUT2D eigenvalue weighted by atomic mass is 9.94. The average Bonchev–Trinajstić information content (AvgIpc) is 3.48. The Hall–Kier alpha value is -4.22. The number of nitrogens with zero attached hydrogens (tertiary/aromatic N) is 4. The molecular formula is C26H24ClN5O6. The summed E-state index contributed by atoms with van der Waals surface area (Å²) in [6, 6.07) is 12.5. The molecule has 1 amide bonds. The van der Waals surface area contributed by atoms with Gasteiger partial charge in [-0.15, -0.1) is 11.6 Å². The van der Waals surface area contributed by atoms with E-state index in [-0.39, 0.29) is 41.0 Å². The minimum absolute atomic E-state index is 0.139. The first-order valence-corrected chi connectivity index (χ1v) is 12.4. The van der Waals surface area contributed by atoms with Crippen molar-refractivity contribution in [3.05, 3.63) is 80.0 Å². The summed E-state index contributed by atoms with van der Waals surface area (Å²) in [7, 11) is 3.92. The number of nitro benzene ring substituents is 2. The monoisotopic (exact) mass is 537 g/mol. The molecular weight excluding hydrogens is 514 g/mol. The molecule has 196 valence electrons. The molecule has 0 spiro atoms. The van der Waals surface area contributed by atoms with Crippen molar-refractivity contribution in [2.24, 2.45) is 0 Å². The molecule has 38 heavy (non-hydrogen) atoms. The van der Waals surface area contributed by atoms with Gasteiger partial charge in [0.1, 0.15) is 18.1 Å². The Bertz CT molecular complexity index is 1600. The molecule has 11 nitrogen and oxygen atoms in total. The molecule has 1 unspecified atom stereocenters. The van der Waals surface area contributed by atoms with E-state index in [1.807, 2.05) is 37.2 Å².